The number of thioether (sulfide) groups is 1. The van der Waals surface area contributed by atoms with Crippen molar-refractivity contribution in [3.8, 4) is 0 Å². The minimum atomic E-state index is -1.40. The summed E-state index contributed by atoms with van der Waals surface area (Å²) in [6.45, 7) is 0. The van der Waals surface area contributed by atoms with Crippen molar-refractivity contribution in [1.29, 1.82) is 0 Å². The maximum Gasteiger partial charge on any atom is 0.233 e. The molecule has 1 aromatic carbocycles. The monoisotopic (exact) mass is 277 g/mol. The molecule has 0 spiro atoms. The first-order valence-corrected chi connectivity index (χ1v) is 6.05. The third-order valence-electron chi connectivity index (χ3n) is 2.22. The molecule has 1 heterocycles. The molecule has 0 unspecified atom stereocenters. The van der Waals surface area contributed by atoms with Crippen molar-refractivity contribution in [2.75, 3.05) is 10.7 Å². The fourth-order valence-corrected chi connectivity index (χ4v) is 2.66. The Bertz CT molecular complexity index is 491. The highest BCUT2D eigenvalue weighted by Gasteiger charge is 2.31. The van der Waals surface area contributed by atoms with E-state index < -0.39 is 29.0 Å². The number of carbonyl (C=O) groups is 1. The van der Waals surface area contributed by atoms with Gasteiger partial charge in [-0.15, -0.1) is 0 Å². The van der Waals surface area contributed by atoms with E-state index in [-0.39, 0.29) is 10.7 Å². The Morgan fingerprint density at radius 2 is 1.88 bits per heavy atom. The standard InChI is InChI=1S/C10H6F3NOS2/c11-5-1-2-6(12)9(8(5)13)14-7(15)3-4-17-10(14)16/h1-2H,3-4H2. The van der Waals surface area contributed by atoms with Crippen molar-refractivity contribution >= 4 is 39.9 Å². The minimum absolute atomic E-state index is 0.0321. The Labute approximate surface area is 105 Å². The average molecular weight is 277 g/mol. The normalized spacial score (nSPS) is 16.5. The third kappa shape index (κ3) is 2.16. The van der Waals surface area contributed by atoms with E-state index in [1.807, 2.05) is 0 Å². The molecule has 0 saturated carbocycles. The molecular formula is C10H6F3NOS2. The predicted molar refractivity (Wildman–Crippen MR) is 63.5 cm³/mol. The first-order valence-electron chi connectivity index (χ1n) is 4.65. The molecule has 2 rings (SSSR count). The molecule has 17 heavy (non-hydrogen) atoms. The number of nitrogens with zero attached hydrogens (tertiary/aromatic N) is 1. The lowest BCUT2D eigenvalue weighted by atomic mass is 10.2. The summed E-state index contributed by atoms with van der Waals surface area (Å²) in [6.07, 6.45) is 0.111. The molecular weight excluding hydrogens is 271 g/mol. The van der Waals surface area contributed by atoms with Gasteiger partial charge < -0.3 is 0 Å². The summed E-state index contributed by atoms with van der Waals surface area (Å²) < 4.78 is 40.1. The van der Waals surface area contributed by atoms with Crippen LogP contribution >= 0.6 is 24.0 Å². The summed E-state index contributed by atoms with van der Waals surface area (Å²) in [6, 6.07) is 1.43. The van der Waals surface area contributed by atoms with E-state index in [1.165, 1.54) is 0 Å². The van der Waals surface area contributed by atoms with Crippen molar-refractivity contribution in [1.82, 2.24) is 0 Å². The molecule has 0 bridgehead atoms. The van der Waals surface area contributed by atoms with E-state index in [0.29, 0.717) is 11.8 Å². The zero-order valence-corrected chi connectivity index (χ0v) is 10.0. The largest absolute Gasteiger partial charge is 0.274 e. The molecule has 1 fully saturated rings. The molecule has 2 nitrogen and oxygen atoms in total. The Balaban J connectivity index is 2.55. The minimum Gasteiger partial charge on any atom is -0.274 e. The third-order valence-corrected chi connectivity index (χ3v) is 3.59. The summed E-state index contributed by atoms with van der Waals surface area (Å²) in [5, 5.41) is 0. The van der Waals surface area contributed by atoms with E-state index >= 15 is 0 Å². The number of thiocarbonyl (C=S) groups is 1. The Morgan fingerprint density at radius 1 is 1.24 bits per heavy atom. The SMILES string of the molecule is O=C1CCSC(=S)N1c1c(F)ccc(F)c1F. The number of anilines is 1. The molecule has 1 aliphatic rings. The van der Waals surface area contributed by atoms with Gasteiger partial charge in [0, 0.05) is 12.2 Å². The van der Waals surface area contributed by atoms with Crippen molar-refractivity contribution in [3.05, 3.63) is 29.6 Å². The van der Waals surface area contributed by atoms with E-state index in [9.17, 15) is 18.0 Å². The Kier molecular flexibility index (Phi) is 3.39. The molecule has 1 aromatic rings. The summed E-state index contributed by atoms with van der Waals surface area (Å²) in [4.78, 5) is 12.3. The smallest absolute Gasteiger partial charge is 0.233 e. The topological polar surface area (TPSA) is 20.3 Å². The lowest BCUT2D eigenvalue weighted by Crippen LogP contribution is -2.39. The van der Waals surface area contributed by atoms with Crippen LogP contribution in [-0.2, 0) is 4.79 Å². The molecule has 1 aliphatic heterocycles. The van der Waals surface area contributed by atoms with Crippen LogP contribution in [-0.4, -0.2) is 16.0 Å². The van der Waals surface area contributed by atoms with Gasteiger partial charge in [-0.25, -0.2) is 13.2 Å². The lowest BCUT2D eigenvalue weighted by molar-refractivity contribution is -0.117. The average Bonchev–Trinajstić information content (AvgIpc) is 2.28. The van der Waals surface area contributed by atoms with E-state index in [4.69, 9.17) is 12.2 Å². The van der Waals surface area contributed by atoms with Gasteiger partial charge in [0.1, 0.15) is 10.0 Å². The predicted octanol–water partition coefficient (Wildman–Crippen LogP) is 2.86. The van der Waals surface area contributed by atoms with Gasteiger partial charge in [-0.2, -0.15) is 0 Å². The number of carbonyl (C=O) groups excluding carboxylic acids is 1. The molecule has 0 atom stereocenters. The molecule has 7 heteroatoms. The van der Waals surface area contributed by atoms with Gasteiger partial charge in [-0.1, -0.05) is 24.0 Å². The van der Waals surface area contributed by atoms with E-state index in [0.717, 1.165) is 22.7 Å². The van der Waals surface area contributed by atoms with Crippen molar-refractivity contribution < 1.29 is 18.0 Å². The second-order valence-electron chi connectivity index (χ2n) is 3.29. The molecule has 0 N–H and O–H groups in total. The first-order chi connectivity index (χ1) is 8.02. The van der Waals surface area contributed by atoms with Gasteiger partial charge in [0.15, 0.2) is 17.5 Å². The number of benzene rings is 1. The highest BCUT2D eigenvalue weighted by molar-refractivity contribution is 8.23. The van der Waals surface area contributed by atoms with Crippen LogP contribution in [0.5, 0.6) is 0 Å². The first kappa shape index (κ1) is 12.4. The van der Waals surface area contributed by atoms with Crippen LogP contribution in [0.1, 0.15) is 6.42 Å². The van der Waals surface area contributed by atoms with Crippen LogP contribution in [0.4, 0.5) is 18.9 Å². The second kappa shape index (κ2) is 4.66. The summed E-state index contributed by atoms with van der Waals surface area (Å²) in [5.74, 6) is -3.69. The number of halogens is 3. The Morgan fingerprint density at radius 3 is 2.53 bits per heavy atom. The second-order valence-corrected chi connectivity index (χ2v) is 5.01. The summed E-state index contributed by atoms with van der Waals surface area (Å²) in [7, 11) is 0. The fourth-order valence-electron chi connectivity index (χ4n) is 1.44. The summed E-state index contributed by atoms with van der Waals surface area (Å²) in [5.41, 5.74) is -0.729. The lowest BCUT2D eigenvalue weighted by Gasteiger charge is -2.27. The van der Waals surface area contributed by atoms with Gasteiger partial charge in [0.2, 0.25) is 5.91 Å². The molecule has 0 radical (unpaired) electrons. The van der Waals surface area contributed by atoms with Crippen molar-refractivity contribution in [2.24, 2.45) is 0 Å². The van der Waals surface area contributed by atoms with E-state index in [1.54, 1.807) is 0 Å². The molecule has 1 saturated heterocycles. The van der Waals surface area contributed by atoms with Crippen LogP contribution in [0, 0.1) is 17.5 Å². The van der Waals surface area contributed by atoms with Gasteiger partial charge in [0.05, 0.1) is 0 Å². The number of rotatable bonds is 1. The van der Waals surface area contributed by atoms with Crippen LogP contribution in [0.3, 0.4) is 0 Å². The number of amides is 1. The van der Waals surface area contributed by atoms with Crippen LogP contribution in [0.2, 0.25) is 0 Å². The van der Waals surface area contributed by atoms with Gasteiger partial charge >= 0.3 is 0 Å². The molecule has 0 aliphatic carbocycles. The Hall–Kier alpha value is -1.08. The van der Waals surface area contributed by atoms with Gasteiger partial charge in [-0.3, -0.25) is 9.69 Å². The number of hydrogen-bond acceptors (Lipinski definition) is 3. The highest BCUT2D eigenvalue weighted by Crippen LogP contribution is 2.31. The van der Waals surface area contributed by atoms with Crippen molar-refractivity contribution in [2.45, 2.75) is 6.42 Å². The zero-order chi connectivity index (χ0) is 12.6. The van der Waals surface area contributed by atoms with Crippen LogP contribution in [0.15, 0.2) is 12.1 Å². The van der Waals surface area contributed by atoms with Gasteiger partial charge in [-0.05, 0) is 12.1 Å². The van der Waals surface area contributed by atoms with Crippen LogP contribution in [0.25, 0.3) is 0 Å². The molecule has 90 valence electrons. The van der Waals surface area contributed by atoms with E-state index in [2.05, 4.69) is 0 Å². The quantitative estimate of drug-likeness (QED) is 0.581. The zero-order valence-electron chi connectivity index (χ0n) is 8.37. The molecule has 1 amide bonds. The summed E-state index contributed by atoms with van der Waals surface area (Å²) >= 11 is 5.99. The van der Waals surface area contributed by atoms with Gasteiger partial charge in [0.25, 0.3) is 0 Å². The fraction of sp³-hybridized carbons (Fsp3) is 0.200. The number of hydrogen-bond donors (Lipinski definition) is 0. The maximum atomic E-state index is 13.5. The van der Waals surface area contributed by atoms with Crippen molar-refractivity contribution in [3.63, 3.8) is 0 Å². The van der Waals surface area contributed by atoms with Crippen LogP contribution < -0.4 is 4.90 Å². The highest BCUT2D eigenvalue weighted by atomic mass is 32.2. The maximum absolute atomic E-state index is 13.5. The molecule has 0 aromatic heterocycles.